The van der Waals surface area contributed by atoms with E-state index in [4.69, 9.17) is 9.49 Å². The Hall–Kier alpha value is -4.22. The summed E-state index contributed by atoms with van der Waals surface area (Å²) in [6.45, 7) is 6.57. The van der Waals surface area contributed by atoms with Gasteiger partial charge in [-0.05, 0) is 65.2 Å². The molecule has 4 heteroatoms. The van der Waals surface area contributed by atoms with E-state index in [1.165, 1.54) is 37.9 Å². The predicted octanol–water partition coefficient (Wildman–Crippen LogP) is 10.2. The summed E-state index contributed by atoms with van der Waals surface area (Å²) in [5, 5.41) is 5.06. The highest BCUT2D eigenvalue weighted by atomic mass is 31.2. The Balaban J connectivity index is 1.81. The van der Waals surface area contributed by atoms with Crippen LogP contribution in [0.25, 0.3) is 0 Å². The second kappa shape index (κ2) is 13.2. The number of hydrogen-bond donors (Lipinski definition) is 0. The average Bonchev–Trinajstić information content (AvgIpc) is 3.07. The Bertz CT molecular complexity index is 1840. The van der Waals surface area contributed by atoms with Gasteiger partial charge in [-0.1, -0.05) is 157 Å². The molecule has 0 amide bonds. The van der Waals surface area contributed by atoms with E-state index in [-0.39, 0.29) is 0 Å². The first-order valence-electron chi connectivity index (χ1n) is 15.1. The average molecular weight is 609 g/mol. The van der Waals surface area contributed by atoms with E-state index >= 15 is 0 Å². The van der Waals surface area contributed by atoms with Crippen molar-refractivity contribution in [3.05, 3.63) is 180 Å². The summed E-state index contributed by atoms with van der Waals surface area (Å²) in [4.78, 5) is 0. The third kappa shape index (κ3) is 6.07. The van der Waals surface area contributed by atoms with Crippen LogP contribution in [0.15, 0.2) is 173 Å². The van der Waals surface area contributed by atoms with E-state index in [1.54, 1.807) is 0 Å². The number of hydrogen-bond acceptors (Lipinski definition) is 2. The Kier molecular flexibility index (Phi) is 8.94. The fourth-order valence-corrected chi connectivity index (χ4v) is 16.5. The van der Waals surface area contributed by atoms with Gasteiger partial charge in [0.15, 0.2) is 0 Å². The van der Waals surface area contributed by atoms with Crippen LogP contribution >= 0.6 is 14.1 Å². The predicted molar refractivity (Wildman–Crippen MR) is 194 cm³/mol. The van der Waals surface area contributed by atoms with Crippen LogP contribution in [0, 0.1) is 20.8 Å². The molecule has 0 saturated carbocycles. The zero-order valence-corrected chi connectivity index (χ0v) is 27.4. The largest absolute Gasteiger partial charge is 0.258 e. The minimum absolute atomic E-state index is 0.795. The summed E-state index contributed by atoms with van der Waals surface area (Å²) in [6, 6.07) is 59.0. The summed E-state index contributed by atoms with van der Waals surface area (Å²) < 4.78 is 11.9. The molecule has 6 aromatic rings. The smallest absolute Gasteiger partial charge is 0.0679 e. The van der Waals surface area contributed by atoms with Gasteiger partial charge in [0.25, 0.3) is 0 Å². The van der Waals surface area contributed by atoms with Gasteiger partial charge in [-0.3, -0.25) is 9.49 Å². The van der Waals surface area contributed by atoms with Crippen molar-refractivity contribution in [2.24, 2.45) is 9.49 Å². The van der Waals surface area contributed by atoms with Gasteiger partial charge < -0.3 is 0 Å². The molecule has 0 N–H and O–H groups in total. The summed E-state index contributed by atoms with van der Waals surface area (Å²) >= 11 is 0. The molecule has 0 radical (unpaired) electrons. The molecule has 0 aliphatic carbocycles. The molecule has 0 aromatic heterocycles. The Morgan fingerprint density at radius 3 is 1.09 bits per heavy atom. The van der Waals surface area contributed by atoms with Gasteiger partial charge in [0, 0.05) is 20.0 Å². The van der Waals surface area contributed by atoms with Crippen LogP contribution in [-0.2, 0) is 0 Å². The summed E-state index contributed by atoms with van der Waals surface area (Å²) in [5.41, 5.74) is 5.77. The first-order valence-corrected chi connectivity index (χ1v) is 18.9. The highest BCUT2D eigenvalue weighted by Crippen LogP contribution is 2.65. The molecule has 6 aromatic carbocycles. The van der Waals surface area contributed by atoms with Crippen LogP contribution in [-0.4, -0.2) is 5.90 Å². The van der Waals surface area contributed by atoms with Gasteiger partial charge in [0.2, 0.25) is 0 Å². The van der Waals surface area contributed by atoms with E-state index in [1.807, 2.05) is 0 Å². The molecule has 218 valence electrons. The molecule has 0 unspecified atom stereocenters. The minimum Gasteiger partial charge on any atom is -0.258 e. The second-order valence-corrected chi connectivity index (χ2v) is 18.0. The third-order valence-corrected chi connectivity index (χ3v) is 17.1. The Labute approximate surface area is 262 Å². The van der Waals surface area contributed by atoms with E-state index in [0.717, 1.165) is 17.3 Å². The van der Waals surface area contributed by atoms with Crippen LogP contribution in [0.4, 0.5) is 11.4 Å². The lowest BCUT2D eigenvalue weighted by atomic mass is 10.1. The lowest BCUT2D eigenvalue weighted by Crippen LogP contribution is -2.25. The quantitative estimate of drug-likeness (QED) is 0.154. The van der Waals surface area contributed by atoms with Crippen LogP contribution in [0.1, 0.15) is 16.7 Å². The highest BCUT2D eigenvalue weighted by molar-refractivity contribution is 7.96. The highest BCUT2D eigenvalue weighted by Gasteiger charge is 2.36. The van der Waals surface area contributed by atoms with Gasteiger partial charge in [-0.2, -0.15) is 0 Å². The van der Waals surface area contributed by atoms with E-state index in [2.05, 4.69) is 185 Å². The summed E-state index contributed by atoms with van der Waals surface area (Å²) in [7, 11) is -4.97. The number of nitrogens with zero attached hydrogens (tertiary/aromatic N) is 2. The lowest BCUT2D eigenvalue weighted by molar-refractivity contribution is 1.29. The molecule has 0 bridgehead atoms. The Morgan fingerprint density at radius 1 is 0.409 bits per heavy atom. The second-order valence-electron chi connectivity index (χ2n) is 11.3. The number of aryl methyl sites for hydroxylation is 3. The van der Waals surface area contributed by atoms with Gasteiger partial charge in [-0.15, -0.1) is 0 Å². The minimum atomic E-state index is -2.50. The van der Waals surface area contributed by atoms with Crippen molar-refractivity contribution in [2.45, 2.75) is 20.8 Å². The van der Waals surface area contributed by atoms with Gasteiger partial charge in [0.1, 0.15) is 0 Å². The zero-order valence-electron chi connectivity index (χ0n) is 25.6. The van der Waals surface area contributed by atoms with E-state index in [0.29, 0.717) is 0 Å². The molecular weight excluding hydrogens is 570 g/mol. The molecule has 0 aliphatic rings. The van der Waals surface area contributed by atoms with Gasteiger partial charge in [0.05, 0.1) is 11.4 Å². The van der Waals surface area contributed by atoms with Crippen LogP contribution < -0.4 is 21.2 Å². The Morgan fingerprint density at radius 2 is 0.727 bits per heavy atom. The number of rotatable bonds is 8. The van der Waals surface area contributed by atoms with Crippen LogP contribution in [0.2, 0.25) is 0 Å². The summed E-state index contributed by atoms with van der Waals surface area (Å²) in [6.07, 6.45) is 0. The molecule has 0 aliphatic heterocycles. The molecule has 6 rings (SSSR count). The third-order valence-electron chi connectivity index (χ3n) is 8.09. The molecule has 44 heavy (non-hydrogen) atoms. The molecule has 2 nitrogen and oxygen atoms in total. The van der Waals surface area contributed by atoms with Crippen molar-refractivity contribution < 1.29 is 0 Å². The SMILES string of the molecule is Cc1cc(C)c(N=P(CP(=Nc2ccccc2)(c2ccccc2)c2ccccc2)(c2ccccc2)c2ccccc2)c(C)c1. The van der Waals surface area contributed by atoms with Crippen molar-refractivity contribution in [3.63, 3.8) is 0 Å². The molecule has 0 fully saturated rings. The maximum absolute atomic E-state index is 6.03. The van der Waals surface area contributed by atoms with Crippen molar-refractivity contribution in [3.8, 4) is 0 Å². The first-order chi connectivity index (χ1) is 21.5. The fourth-order valence-electron chi connectivity index (χ4n) is 6.11. The standard InChI is InChI=1S/C40H38N2P2/c1-32-29-33(2)40(34(3)30-32)42-44(38-25-15-7-16-26-38,39-27-17-8-18-28-39)31-43(36-21-11-5-12-22-36,37-23-13-6-14-24-37)41-35-19-9-4-10-20-35/h4-30H,31H2,1-3H3. The zero-order chi connectivity index (χ0) is 30.4. The topological polar surface area (TPSA) is 24.7 Å². The van der Waals surface area contributed by atoms with Crippen LogP contribution in [0.3, 0.4) is 0 Å². The molecule has 0 heterocycles. The van der Waals surface area contributed by atoms with Crippen molar-refractivity contribution in [1.82, 2.24) is 0 Å². The maximum atomic E-state index is 6.03. The van der Waals surface area contributed by atoms with E-state index < -0.39 is 14.1 Å². The fraction of sp³-hybridized carbons (Fsp3) is 0.100. The molecule has 0 saturated heterocycles. The lowest BCUT2D eigenvalue weighted by Gasteiger charge is -2.35. The van der Waals surface area contributed by atoms with E-state index in [9.17, 15) is 0 Å². The van der Waals surface area contributed by atoms with Gasteiger partial charge in [-0.25, -0.2) is 0 Å². The van der Waals surface area contributed by atoms with Crippen molar-refractivity contribution in [2.75, 3.05) is 5.90 Å². The molecular formula is C40H38N2P2. The normalized spacial score (nSPS) is 11.6. The van der Waals surface area contributed by atoms with Crippen molar-refractivity contribution in [1.29, 1.82) is 0 Å². The van der Waals surface area contributed by atoms with Crippen molar-refractivity contribution >= 4 is 46.7 Å². The molecule has 0 atom stereocenters. The first kappa shape index (κ1) is 29.8. The maximum Gasteiger partial charge on any atom is 0.0679 e. The number of benzene rings is 6. The van der Waals surface area contributed by atoms with Gasteiger partial charge >= 0.3 is 0 Å². The molecule has 0 spiro atoms. The summed E-state index contributed by atoms with van der Waals surface area (Å²) in [5.74, 6) is 0.795. The monoisotopic (exact) mass is 608 g/mol. The van der Waals surface area contributed by atoms with Crippen LogP contribution in [0.5, 0.6) is 0 Å².